The lowest BCUT2D eigenvalue weighted by atomic mass is 10.1. The molecule has 1 aliphatic rings. The summed E-state index contributed by atoms with van der Waals surface area (Å²) < 4.78 is 5.45. The molecule has 1 aliphatic heterocycles. The number of hydrogen-bond donors (Lipinski definition) is 2. The zero-order valence-corrected chi connectivity index (χ0v) is 13.9. The number of phenols is 1. The van der Waals surface area contributed by atoms with Gasteiger partial charge in [-0.2, -0.15) is 0 Å². The Hall–Kier alpha value is -0.520. The Balaban J connectivity index is 1.86. The van der Waals surface area contributed by atoms with Gasteiger partial charge in [0.1, 0.15) is 5.75 Å². The van der Waals surface area contributed by atoms with E-state index in [9.17, 15) is 5.11 Å². The molecule has 2 rings (SSSR count). The molecule has 2 N–H and O–H groups in total. The van der Waals surface area contributed by atoms with Gasteiger partial charge in [0.2, 0.25) is 0 Å². The Kier molecular flexibility index (Phi) is 6.14. The van der Waals surface area contributed by atoms with Crippen molar-refractivity contribution in [3.63, 3.8) is 0 Å². The number of ether oxygens (including phenoxy) is 1. The van der Waals surface area contributed by atoms with Crippen LogP contribution in [-0.4, -0.2) is 48.4 Å². The standard InChI is InChI=1S/C15H22Cl2N2O2/c1-10(19-3-4-21-9-11(19)2)7-18-8-12-5-13(16)6-14(17)15(12)20/h5-6,10-11,18,20H,3-4,7-9H2,1-2H3/t10-,11+/m1/s1. The second-order valence-corrected chi connectivity index (χ2v) is 6.38. The highest BCUT2D eigenvalue weighted by atomic mass is 35.5. The Bertz CT molecular complexity index is 485. The highest BCUT2D eigenvalue weighted by molar-refractivity contribution is 6.35. The van der Waals surface area contributed by atoms with Crippen LogP contribution in [0.1, 0.15) is 19.4 Å². The fourth-order valence-corrected chi connectivity index (χ4v) is 3.22. The largest absolute Gasteiger partial charge is 0.506 e. The number of nitrogens with one attached hydrogen (secondary N) is 1. The van der Waals surface area contributed by atoms with Gasteiger partial charge in [0.25, 0.3) is 0 Å². The van der Waals surface area contributed by atoms with Gasteiger partial charge < -0.3 is 15.2 Å². The highest BCUT2D eigenvalue weighted by Gasteiger charge is 2.23. The summed E-state index contributed by atoms with van der Waals surface area (Å²) >= 11 is 11.9. The van der Waals surface area contributed by atoms with Crippen LogP contribution >= 0.6 is 23.2 Å². The fourth-order valence-electron chi connectivity index (χ4n) is 2.68. The fraction of sp³-hybridized carbons (Fsp3) is 0.600. The summed E-state index contributed by atoms with van der Waals surface area (Å²) in [6, 6.07) is 4.11. The van der Waals surface area contributed by atoms with Crippen LogP contribution in [0.5, 0.6) is 5.75 Å². The molecule has 118 valence electrons. The number of morpholine rings is 1. The molecule has 1 fully saturated rings. The average Bonchev–Trinajstić information content (AvgIpc) is 2.44. The van der Waals surface area contributed by atoms with E-state index in [1.807, 2.05) is 0 Å². The number of rotatable bonds is 5. The molecule has 0 radical (unpaired) electrons. The van der Waals surface area contributed by atoms with Crippen LogP contribution in [0.25, 0.3) is 0 Å². The van der Waals surface area contributed by atoms with Crippen molar-refractivity contribution in [2.45, 2.75) is 32.5 Å². The summed E-state index contributed by atoms with van der Waals surface area (Å²) in [5, 5.41) is 14.1. The predicted octanol–water partition coefficient (Wildman–Crippen LogP) is 2.90. The van der Waals surface area contributed by atoms with E-state index in [1.165, 1.54) is 0 Å². The molecule has 1 aromatic rings. The molecule has 21 heavy (non-hydrogen) atoms. The molecule has 0 saturated carbocycles. The Labute approximate surface area is 136 Å². The molecule has 0 bridgehead atoms. The summed E-state index contributed by atoms with van der Waals surface area (Å²) in [7, 11) is 0. The van der Waals surface area contributed by atoms with Crippen molar-refractivity contribution in [2.24, 2.45) is 0 Å². The van der Waals surface area contributed by atoms with Crippen molar-refractivity contribution >= 4 is 23.2 Å². The third-order valence-electron chi connectivity index (χ3n) is 3.85. The summed E-state index contributed by atoms with van der Waals surface area (Å²) in [5.74, 6) is 0.0981. The summed E-state index contributed by atoms with van der Waals surface area (Å²) in [6.07, 6.45) is 0. The van der Waals surface area contributed by atoms with E-state index in [0.29, 0.717) is 23.7 Å². The van der Waals surface area contributed by atoms with Crippen LogP contribution in [0.3, 0.4) is 0 Å². The lowest BCUT2D eigenvalue weighted by Gasteiger charge is -2.38. The van der Waals surface area contributed by atoms with Crippen LogP contribution in [0.15, 0.2) is 12.1 Å². The van der Waals surface area contributed by atoms with E-state index in [0.717, 1.165) is 31.9 Å². The second-order valence-electron chi connectivity index (χ2n) is 5.54. The highest BCUT2D eigenvalue weighted by Crippen LogP contribution is 2.30. The lowest BCUT2D eigenvalue weighted by molar-refractivity contribution is -0.0181. The third-order valence-corrected chi connectivity index (χ3v) is 4.35. The van der Waals surface area contributed by atoms with Crippen molar-refractivity contribution in [3.8, 4) is 5.75 Å². The topological polar surface area (TPSA) is 44.7 Å². The van der Waals surface area contributed by atoms with E-state index in [4.69, 9.17) is 27.9 Å². The van der Waals surface area contributed by atoms with E-state index in [1.54, 1.807) is 12.1 Å². The monoisotopic (exact) mass is 332 g/mol. The number of phenolic OH excluding ortho intramolecular Hbond substituents is 1. The number of aromatic hydroxyl groups is 1. The quantitative estimate of drug-likeness (QED) is 0.870. The van der Waals surface area contributed by atoms with E-state index in [2.05, 4.69) is 24.1 Å². The molecule has 0 spiro atoms. The zero-order valence-electron chi connectivity index (χ0n) is 12.4. The molecule has 0 amide bonds. The maximum atomic E-state index is 9.92. The molecule has 0 unspecified atom stereocenters. The van der Waals surface area contributed by atoms with Crippen molar-refractivity contribution in [1.82, 2.24) is 10.2 Å². The SMILES string of the molecule is C[C@H](CNCc1cc(Cl)cc(Cl)c1O)N1CCOC[C@@H]1C. The van der Waals surface area contributed by atoms with Crippen molar-refractivity contribution < 1.29 is 9.84 Å². The first-order valence-electron chi connectivity index (χ1n) is 7.20. The molecule has 1 heterocycles. The summed E-state index contributed by atoms with van der Waals surface area (Å²) in [5.41, 5.74) is 0.717. The number of hydrogen-bond acceptors (Lipinski definition) is 4. The van der Waals surface area contributed by atoms with Gasteiger partial charge in [0.15, 0.2) is 0 Å². The van der Waals surface area contributed by atoms with Gasteiger partial charge in [-0.15, -0.1) is 0 Å². The zero-order chi connectivity index (χ0) is 15.4. The van der Waals surface area contributed by atoms with Gasteiger partial charge >= 0.3 is 0 Å². The van der Waals surface area contributed by atoms with Gasteiger partial charge in [-0.3, -0.25) is 4.90 Å². The molecule has 1 aromatic carbocycles. The second kappa shape index (κ2) is 7.65. The Morgan fingerprint density at radius 2 is 2.24 bits per heavy atom. The van der Waals surface area contributed by atoms with Crippen LogP contribution < -0.4 is 5.32 Å². The van der Waals surface area contributed by atoms with Crippen molar-refractivity contribution in [2.75, 3.05) is 26.3 Å². The minimum absolute atomic E-state index is 0.0981. The van der Waals surface area contributed by atoms with Gasteiger partial charge in [-0.25, -0.2) is 0 Å². The smallest absolute Gasteiger partial charge is 0.138 e. The minimum atomic E-state index is 0.0981. The van der Waals surface area contributed by atoms with Gasteiger partial charge in [0, 0.05) is 42.3 Å². The molecular weight excluding hydrogens is 311 g/mol. The van der Waals surface area contributed by atoms with E-state index >= 15 is 0 Å². The number of halogens is 2. The van der Waals surface area contributed by atoms with Gasteiger partial charge in [-0.1, -0.05) is 23.2 Å². The first-order chi connectivity index (χ1) is 9.99. The number of benzene rings is 1. The first kappa shape index (κ1) is 16.8. The molecule has 1 saturated heterocycles. The maximum Gasteiger partial charge on any atom is 0.138 e. The minimum Gasteiger partial charge on any atom is -0.506 e. The van der Waals surface area contributed by atoms with Crippen LogP contribution in [0.4, 0.5) is 0 Å². The Morgan fingerprint density at radius 3 is 2.95 bits per heavy atom. The average molecular weight is 333 g/mol. The summed E-state index contributed by atoms with van der Waals surface area (Å²) in [4.78, 5) is 2.43. The van der Waals surface area contributed by atoms with Crippen molar-refractivity contribution in [3.05, 3.63) is 27.7 Å². The normalized spacial score (nSPS) is 21.4. The van der Waals surface area contributed by atoms with E-state index < -0.39 is 0 Å². The predicted molar refractivity (Wildman–Crippen MR) is 86.3 cm³/mol. The summed E-state index contributed by atoms with van der Waals surface area (Å²) in [6.45, 7) is 8.27. The van der Waals surface area contributed by atoms with E-state index in [-0.39, 0.29) is 10.8 Å². The van der Waals surface area contributed by atoms with Crippen LogP contribution in [0.2, 0.25) is 10.0 Å². The van der Waals surface area contributed by atoms with Crippen LogP contribution in [0, 0.1) is 0 Å². The Morgan fingerprint density at radius 1 is 1.48 bits per heavy atom. The molecule has 0 aromatic heterocycles. The molecule has 2 atom stereocenters. The van der Waals surface area contributed by atoms with Gasteiger partial charge in [-0.05, 0) is 26.0 Å². The number of nitrogens with zero attached hydrogens (tertiary/aromatic N) is 1. The van der Waals surface area contributed by atoms with Crippen LogP contribution in [-0.2, 0) is 11.3 Å². The molecule has 0 aliphatic carbocycles. The first-order valence-corrected chi connectivity index (χ1v) is 7.95. The molecule has 4 nitrogen and oxygen atoms in total. The third kappa shape index (κ3) is 4.47. The van der Waals surface area contributed by atoms with Gasteiger partial charge in [0.05, 0.1) is 18.2 Å². The molecule has 6 heteroatoms. The molecular formula is C15H22Cl2N2O2. The van der Waals surface area contributed by atoms with Crippen molar-refractivity contribution in [1.29, 1.82) is 0 Å². The maximum absolute atomic E-state index is 9.92. The lowest BCUT2D eigenvalue weighted by Crippen LogP contribution is -2.51.